The molecule has 1 aliphatic carbocycles. The van der Waals surface area contributed by atoms with Gasteiger partial charge in [-0.2, -0.15) is 0 Å². The van der Waals surface area contributed by atoms with E-state index in [4.69, 9.17) is 0 Å². The number of unbranched alkanes of at least 4 members (excludes halogenated alkanes) is 3. The van der Waals surface area contributed by atoms with Gasteiger partial charge in [-0.1, -0.05) is 45.1 Å². The molecule has 0 heterocycles. The summed E-state index contributed by atoms with van der Waals surface area (Å²) in [6.07, 6.45) is 11.6. The number of benzene rings is 1. The molecule has 2 heteroatoms. The third-order valence-corrected chi connectivity index (χ3v) is 5.16. The molecule has 2 rings (SSSR count). The lowest BCUT2D eigenvalue weighted by Crippen LogP contribution is -2.14. The number of Topliss-reactive ketones (excluding diaryl/α,β-unsaturated/α-hetero) is 1. The van der Waals surface area contributed by atoms with Crippen LogP contribution in [0.4, 0.5) is 4.39 Å². The molecule has 1 aromatic rings. The summed E-state index contributed by atoms with van der Waals surface area (Å²) in [5.41, 5.74) is 1.29. The minimum atomic E-state index is -0.355. The van der Waals surface area contributed by atoms with Crippen molar-refractivity contribution in [2.24, 2.45) is 5.92 Å². The average Bonchev–Trinajstić information content (AvgIpc) is 2.52. The minimum Gasteiger partial charge on any atom is -0.294 e. The number of ketones is 1. The first-order valence-electron chi connectivity index (χ1n) is 8.92. The fourth-order valence-electron chi connectivity index (χ4n) is 3.72. The lowest BCUT2D eigenvalue weighted by atomic mass is 9.77. The number of carbonyl (C=O) groups is 1. The number of halogens is 1. The molecule has 1 aliphatic rings. The summed E-state index contributed by atoms with van der Waals surface area (Å²) < 4.78 is 14.0. The molecule has 0 atom stereocenters. The van der Waals surface area contributed by atoms with Crippen LogP contribution in [0.3, 0.4) is 0 Å². The maximum atomic E-state index is 14.0. The summed E-state index contributed by atoms with van der Waals surface area (Å²) in [5, 5.41) is 0. The van der Waals surface area contributed by atoms with Crippen LogP contribution in [0.2, 0.25) is 0 Å². The summed E-state index contributed by atoms with van der Waals surface area (Å²) in [4.78, 5) is 11.3. The first-order valence-corrected chi connectivity index (χ1v) is 8.92. The van der Waals surface area contributed by atoms with Crippen molar-refractivity contribution in [3.05, 3.63) is 35.1 Å². The van der Waals surface area contributed by atoms with E-state index < -0.39 is 0 Å². The summed E-state index contributed by atoms with van der Waals surface area (Å²) in [6, 6.07) is 5.19. The fourth-order valence-corrected chi connectivity index (χ4v) is 3.72. The van der Waals surface area contributed by atoms with Crippen LogP contribution in [0.1, 0.15) is 93.5 Å². The zero-order valence-corrected chi connectivity index (χ0v) is 14.0. The topological polar surface area (TPSA) is 17.1 Å². The third-order valence-electron chi connectivity index (χ3n) is 5.16. The molecule has 0 spiro atoms. The van der Waals surface area contributed by atoms with Crippen molar-refractivity contribution in [2.75, 3.05) is 0 Å². The highest BCUT2D eigenvalue weighted by Crippen LogP contribution is 2.38. The Morgan fingerprint density at radius 2 is 1.86 bits per heavy atom. The molecule has 0 unspecified atom stereocenters. The maximum absolute atomic E-state index is 14.0. The van der Waals surface area contributed by atoms with Gasteiger partial charge in [0.2, 0.25) is 0 Å². The van der Waals surface area contributed by atoms with Crippen molar-refractivity contribution in [3.8, 4) is 0 Å². The SMILES string of the molecule is CCCCCCC1CCC(c2ccc(C(C)=O)c(F)c2)CC1. The van der Waals surface area contributed by atoms with E-state index in [0.29, 0.717) is 5.92 Å². The Balaban J connectivity index is 1.84. The predicted octanol–water partition coefficient (Wildman–Crippen LogP) is 6.27. The van der Waals surface area contributed by atoms with E-state index in [-0.39, 0.29) is 17.2 Å². The monoisotopic (exact) mass is 304 g/mol. The second-order valence-electron chi connectivity index (χ2n) is 6.86. The van der Waals surface area contributed by atoms with Crippen LogP contribution in [-0.4, -0.2) is 5.78 Å². The first-order chi connectivity index (χ1) is 10.6. The second-order valence-corrected chi connectivity index (χ2v) is 6.86. The van der Waals surface area contributed by atoms with Gasteiger partial charge < -0.3 is 0 Å². The van der Waals surface area contributed by atoms with E-state index in [9.17, 15) is 9.18 Å². The largest absolute Gasteiger partial charge is 0.294 e. The number of hydrogen-bond acceptors (Lipinski definition) is 1. The third kappa shape index (κ3) is 4.66. The van der Waals surface area contributed by atoms with Gasteiger partial charge in [-0.3, -0.25) is 4.79 Å². The summed E-state index contributed by atoms with van der Waals surface area (Å²) in [7, 11) is 0. The van der Waals surface area contributed by atoms with Gasteiger partial charge in [-0.25, -0.2) is 4.39 Å². The van der Waals surface area contributed by atoms with Crippen molar-refractivity contribution in [3.63, 3.8) is 0 Å². The predicted molar refractivity (Wildman–Crippen MR) is 89.9 cm³/mol. The van der Waals surface area contributed by atoms with Crippen molar-refractivity contribution in [2.45, 2.75) is 77.6 Å². The van der Waals surface area contributed by atoms with Crippen molar-refractivity contribution < 1.29 is 9.18 Å². The molecule has 22 heavy (non-hydrogen) atoms. The number of rotatable bonds is 7. The minimum absolute atomic E-state index is 0.195. The summed E-state index contributed by atoms with van der Waals surface area (Å²) >= 11 is 0. The molecule has 0 radical (unpaired) electrons. The first kappa shape index (κ1) is 17.2. The van der Waals surface area contributed by atoms with E-state index in [1.807, 2.05) is 6.07 Å². The van der Waals surface area contributed by atoms with Gasteiger partial charge in [0.25, 0.3) is 0 Å². The Morgan fingerprint density at radius 3 is 2.45 bits per heavy atom. The Kier molecular flexibility index (Phi) is 6.60. The molecule has 122 valence electrons. The second kappa shape index (κ2) is 8.45. The van der Waals surface area contributed by atoms with Crippen molar-refractivity contribution in [1.29, 1.82) is 0 Å². The van der Waals surface area contributed by atoms with Crippen LogP contribution in [0.15, 0.2) is 18.2 Å². The smallest absolute Gasteiger partial charge is 0.162 e. The molecule has 0 bridgehead atoms. The molecule has 1 nitrogen and oxygen atoms in total. The Morgan fingerprint density at radius 1 is 1.14 bits per heavy atom. The normalized spacial score (nSPS) is 21.8. The fraction of sp³-hybridized carbons (Fsp3) is 0.650. The van der Waals surface area contributed by atoms with Gasteiger partial charge >= 0.3 is 0 Å². The van der Waals surface area contributed by atoms with Gasteiger partial charge in [-0.05, 0) is 62.1 Å². The lowest BCUT2D eigenvalue weighted by Gasteiger charge is -2.29. The Hall–Kier alpha value is -1.18. The molecule has 1 saturated carbocycles. The van der Waals surface area contributed by atoms with Crippen molar-refractivity contribution >= 4 is 5.78 Å². The quantitative estimate of drug-likeness (QED) is 0.428. The van der Waals surface area contributed by atoms with Gasteiger partial charge in [0.1, 0.15) is 5.82 Å². The number of hydrogen-bond donors (Lipinski definition) is 0. The van der Waals surface area contributed by atoms with Crippen LogP contribution < -0.4 is 0 Å². The van der Waals surface area contributed by atoms with E-state index in [1.165, 1.54) is 51.9 Å². The highest BCUT2D eigenvalue weighted by molar-refractivity contribution is 5.94. The summed E-state index contributed by atoms with van der Waals surface area (Å²) in [5.74, 6) is 0.795. The Labute approximate surface area is 134 Å². The lowest BCUT2D eigenvalue weighted by molar-refractivity contribution is 0.101. The highest BCUT2D eigenvalue weighted by Gasteiger charge is 2.23. The molecular formula is C20H29FO. The molecule has 1 aromatic carbocycles. The van der Waals surface area contributed by atoms with Gasteiger partial charge in [0.05, 0.1) is 5.56 Å². The average molecular weight is 304 g/mol. The highest BCUT2D eigenvalue weighted by atomic mass is 19.1. The standard InChI is InChI=1S/C20H29FO/c1-3-4-5-6-7-16-8-10-17(11-9-16)18-12-13-19(15(2)22)20(21)14-18/h12-14,16-17H,3-11H2,1-2H3. The van der Waals surface area contributed by atoms with Crippen LogP contribution in [0.25, 0.3) is 0 Å². The van der Waals surface area contributed by atoms with Crippen LogP contribution in [0, 0.1) is 11.7 Å². The zero-order valence-electron chi connectivity index (χ0n) is 14.0. The van der Waals surface area contributed by atoms with Crippen molar-refractivity contribution in [1.82, 2.24) is 0 Å². The van der Waals surface area contributed by atoms with Gasteiger partial charge in [-0.15, -0.1) is 0 Å². The van der Waals surface area contributed by atoms with E-state index in [0.717, 1.165) is 24.3 Å². The van der Waals surface area contributed by atoms with E-state index in [1.54, 1.807) is 12.1 Å². The molecule has 0 saturated heterocycles. The molecular weight excluding hydrogens is 275 g/mol. The Bertz CT molecular complexity index is 486. The summed E-state index contributed by atoms with van der Waals surface area (Å²) in [6.45, 7) is 3.67. The zero-order chi connectivity index (χ0) is 15.9. The molecule has 1 fully saturated rings. The number of carbonyl (C=O) groups excluding carboxylic acids is 1. The van der Waals surface area contributed by atoms with E-state index >= 15 is 0 Å². The molecule has 0 N–H and O–H groups in total. The van der Waals surface area contributed by atoms with Gasteiger partial charge in [0.15, 0.2) is 5.78 Å². The van der Waals surface area contributed by atoms with Crippen LogP contribution >= 0.6 is 0 Å². The van der Waals surface area contributed by atoms with Gasteiger partial charge in [0, 0.05) is 0 Å². The van der Waals surface area contributed by atoms with Crippen LogP contribution in [-0.2, 0) is 0 Å². The molecule has 0 amide bonds. The van der Waals surface area contributed by atoms with E-state index in [2.05, 4.69) is 6.92 Å². The molecule has 0 aliphatic heterocycles. The molecule has 0 aromatic heterocycles. The maximum Gasteiger partial charge on any atom is 0.162 e. The van der Waals surface area contributed by atoms with Crippen LogP contribution in [0.5, 0.6) is 0 Å².